The minimum atomic E-state index is -0.337. The minimum absolute atomic E-state index is 0.00268. The maximum atomic E-state index is 12.8. The lowest BCUT2D eigenvalue weighted by molar-refractivity contribution is -0.121. The monoisotopic (exact) mass is 462 g/mol. The molecular weight excluding hydrogens is 435 g/mol. The van der Waals surface area contributed by atoms with Crippen LogP contribution in [0.2, 0.25) is 10.0 Å². The van der Waals surface area contributed by atoms with Crippen molar-refractivity contribution in [2.45, 2.75) is 39.2 Å². The first-order chi connectivity index (χ1) is 15.0. The molecule has 166 valence electrons. The Balaban J connectivity index is 1.52. The van der Waals surface area contributed by atoms with E-state index < -0.39 is 0 Å². The van der Waals surface area contributed by atoms with Gasteiger partial charge >= 0.3 is 5.97 Å². The van der Waals surface area contributed by atoms with Gasteiger partial charge in [0, 0.05) is 18.8 Å². The molecule has 31 heavy (non-hydrogen) atoms. The van der Waals surface area contributed by atoms with Crippen LogP contribution in [0.15, 0.2) is 42.5 Å². The molecule has 1 unspecified atom stereocenters. The van der Waals surface area contributed by atoms with Crippen LogP contribution < -0.4 is 5.32 Å². The number of piperidine rings is 1. The Morgan fingerprint density at radius 3 is 2.61 bits per heavy atom. The van der Waals surface area contributed by atoms with Crippen LogP contribution in [0.1, 0.15) is 48.5 Å². The van der Waals surface area contributed by atoms with Gasteiger partial charge in [0.15, 0.2) is 0 Å². The summed E-state index contributed by atoms with van der Waals surface area (Å²) in [5.74, 6) is -0.427. The van der Waals surface area contributed by atoms with Crippen LogP contribution in [0, 0.1) is 5.92 Å². The standard InChI is InChI=1S/C24H28Cl2N2O3/c1-2-3-13-31-24(30)18-7-9-20(10-8-18)27-23(29)19-5-4-12-28(16-19)15-17-6-11-21(25)22(26)14-17/h6-11,14,19H,2-5,12-13,15-16H2,1H3,(H,27,29). The van der Waals surface area contributed by atoms with Gasteiger partial charge in [-0.3, -0.25) is 9.69 Å². The third kappa shape index (κ3) is 6.96. The van der Waals surface area contributed by atoms with Crippen molar-refractivity contribution < 1.29 is 14.3 Å². The summed E-state index contributed by atoms with van der Waals surface area (Å²) < 4.78 is 5.21. The predicted octanol–water partition coefficient (Wildman–Crippen LogP) is 5.80. The summed E-state index contributed by atoms with van der Waals surface area (Å²) in [6, 6.07) is 12.5. The number of halogens is 2. The Morgan fingerprint density at radius 2 is 1.90 bits per heavy atom. The third-order valence-corrected chi connectivity index (χ3v) is 6.12. The zero-order valence-corrected chi connectivity index (χ0v) is 19.2. The summed E-state index contributed by atoms with van der Waals surface area (Å²) in [7, 11) is 0. The first-order valence-corrected chi connectivity index (χ1v) is 11.5. The lowest BCUT2D eigenvalue weighted by atomic mass is 9.96. The van der Waals surface area contributed by atoms with Crippen LogP contribution in [-0.2, 0) is 16.1 Å². The van der Waals surface area contributed by atoms with E-state index in [-0.39, 0.29) is 17.8 Å². The highest BCUT2D eigenvalue weighted by molar-refractivity contribution is 6.42. The van der Waals surface area contributed by atoms with E-state index in [2.05, 4.69) is 10.2 Å². The Morgan fingerprint density at radius 1 is 1.13 bits per heavy atom. The fourth-order valence-electron chi connectivity index (χ4n) is 3.64. The van der Waals surface area contributed by atoms with Gasteiger partial charge in [-0.15, -0.1) is 0 Å². The molecule has 2 aromatic rings. The maximum Gasteiger partial charge on any atom is 0.338 e. The maximum absolute atomic E-state index is 12.8. The molecular formula is C24H28Cl2N2O3. The SMILES string of the molecule is CCCCOC(=O)c1ccc(NC(=O)C2CCCN(Cc3ccc(Cl)c(Cl)c3)C2)cc1. The van der Waals surface area contributed by atoms with E-state index in [1.165, 1.54) is 0 Å². The molecule has 1 aliphatic rings. The summed E-state index contributed by atoms with van der Waals surface area (Å²) in [6.07, 6.45) is 3.64. The van der Waals surface area contributed by atoms with E-state index in [9.17, 15) is 9.59 Å². The summed E-state index contributed by atoms with van der Waals surface area (Å²) >= 11 is 12.1. The number of anilines is 1. The lowest BCUT2D eigenvalue weighted by Gasteiger charge is -2.32. The Kier molecular flexibility index (Phi) is 8.76. The number of nitrogens with zero attached hydrogens (tertiary/aromatic N) is 1. The van der Waals surface area contributed by atoms with E-state index in [0.717, 1.165) is 44.3 Å². The number of hydrogen-bond acceptors (Lipinski definition) is 4. The first-order valence-electron chi connectivity index (χ1n) is 10.7. The zero-order chi connectivity index (χ0) is 22.2. The topological polar surface area (TPSA) is 58.6 Å². The average Bonchev–Trinajstić information content (AvgIpc) is 2.77. The van der Waals surface area contributed by atoms with Crippen LogP contribution in [0.4, 0.5) is 5.69 Å². The molecule has 0 bridgehead atoms. The fraction of sp³-hybridized carbons (Fsp3) is 0.417. The number of carbonyl (C=O) groups is 2. The van der Waals surface area contributed by atoms with Crippen molar-refractivity contribution in [3.8, 4) is 0 Å². The number of unbranched alkanes of at least 4 members (excludes halogenated alkanes) is 1. The second kappa shape index (κ2) is 11.5. The Hall–Kier alpha value is -2.08. The number of nitrogens with one attached hydrogen (secondary N) is 1. The molecule has 1 amide bonds. The van der Waals surface area contributed by atoms with E-state index >= 15 is 0 Å². The average molecular weight is 463 g/mol. The van der Waals surface area contributed by atoms with Crippen LogP contribution in [0.5, 0.6) is 0 Å². The number of likely N-dealkylation sites (tertiary alicyclic amines) is 1. The molecule has 1 fully saturated rings. The molecule has 1 N–H and O–H groups in total. The smallest absolute Gasteiger partial charge is 0.338 e. The van der Waals surface area contributed by atoms with Gasteiger partial charge in [-0.05, 0) is 67.8 Å². The van der Waals surface area contributed by atoms with Crippen molar-refractivity contribution in [2.24, 2.45) is 5.92 Å². The van der Waals surface area contributed by atoms with Gasteiger partial charge in [-0.1, -0.05) is 42.6 Å². The number of rotatable bonds is 8. The second-order valence-corrected chi connectivity index (χ2v) is 8.69. The molecule has 7 heteroatoms. The quantitative estimate of drug-likeness (QED) is 0.397. The highest BCUT2D eigenvalue weighted by Crippen LogP contribution is 2.25. The van der Waals surface area contributed by atoms with Crippen LogP contribution in [0.3, 0.4) is 0 Å². The molecule has 2 aromatic carbocycles. The molecule has 0 radical (unpaired) electrons. The molecule has 0 spiro atoms. The number of benzene rings is 2. The van der Waals surface area contributed by atoms with E-state index in [1.54, 1.807) is 30.3 Å². The summed E-state index contributed by atoms with van der Waals surface area (Å²) in [4.78, 5) is 27.1. The number of hydrogen-bond donors (Lipinski definition) is 1. The van der Waals surface area contributed by atoms with Crippen LogP contribution in [0.25, 0.3) is 0 Å². The highest BCUT2D eigenvalue weighted by atomic mass is 35.5. The lowest BCUT2D eigenvalue weighted by Crippen LogP contribution is -2.40. The zero-order valence-electron chi connectivity index (χ0n) is 17.7. The molecule has 1 heterocycles. The van der Waals surface area contributed by atoms with Gasteiger partial charge in [-0.25, -0.2) is 4.79 Å². The second-order valence-electron chi connectivity index (χ2n) is 7.88. The van der Waals surface area contributed by atoms with E-state index in [0.29, 0.717) is 34.4 Å². The third-order valence-electron chi connectivity index (χ3n) is 5.39. The number of esters is 1. The largest absolute Gasteiger partial charge is 0.462 e. The Bertz CT molecular complexity index is 902. The van der Waals surface area contributed by atoms with E-state index in [4.69, 9.17) is 27.9 Å². The van der Waals surface area contributed by atoms with Crippen molar-refractivity contribution in [1.29, 1.82) is 0 Å². The van der Waals surface area contributed by atoms with Crippen molar-refractivity contribution in [2.75, 3.05) is 25.0 Å². The Labute approximate surface area is 193 Å². The summed E-state index contributed by atoms with van der Waals surface area (Å²) in [5, 5.41) is 4.06. The van der Waals surface area contributed by atoms with Crippen molar-refractivity contribution >= 4 is 40.8 Å². The van der Waals surface area contributed by atoms with Crippen molar-refractivity contribution in [1.82, 2.24) is 4.90 Å². The van der Waals surface area contributed by atoms with Gasteiger partial charge in [0.25, 0.3) is 0 Å². The van der Waals surface area contributed by atoms with E-state index in [1.807, 2.05) is 19.1 Å². The molecule has 1 atom stereocenters. The molecule has 3 rings (SSSR count). The number of carbonyl (C=O) groups excluding carboxylic acids is 2. The van der Waals surface area contributed by atoms with Gasteiger partial charge in [0.2, 0.25) is 5.91 Å². The summed E-state index contributed by atoms with van der Waals surface area (Å²) in [6.45, 7) is 4.83. The van der Waals surface area contributed by atoms with Gasteiger partial charge in [0.05, 0.1) is 28.1 Å². The highest BCUT2D eigenvalue weighted by Gasteiger charge is 2.26. The first kappa shape index (κ1) is 23.6. The van der Waals surface area contributed by atoms with Gasteiger partial charge in [-0.2, -0.15) is 0 Å². The summed E-state index contributed by atoms with van der Waals surface area (Å²) in [5.41, 5.74) is 2.24. The fourth-order valence-corrected chi connectivity index (χ4v) is 3.96. The number of amides is 1. The van der Waals surface area contributed by atoms with Crippen molar-refractivity contribution in [3.63, 3.8) is 0 Å². The molecule has 5 nitrogen and oxygen atoms in total. The molecule has 0 aromatic heterocycles. The van der Waals surface area contributed by atoms with Crippen LogP contribution in [-0.4, -0.2) is 36.5 Å². The molecule has 0 saturated carbocycles. The van der Waals surface area contributed by atoms with Gasteiger partial charge < -0.3 is 10.1 Å². The van der Waals surface area contributed by atoms with Crippen LogP contribution >= 0.6 is 23.2 Å². The molecule has 1 saturated heterocycles. The normalized spacial score (nSPS) is 16.7. The molecule has 0 aliphatic carbocycles. The van der Waals surface area contributed by atoms with Crippen molar-refractivity contribution in [3.05, 3.63) is 63.6 Å². The predicted molar refractivity (Wildman–Crippen MR) is 125 cm³/mol. The number of ether oxygens (including phenoxy) is 1. The van der Waals surface area contributed by atoms with Gasteiger partial charge in [0.1, 0.15) is 0 Å². The minimum Gasteiger partial charge on any atom is -0.462 e. The molecule has 1 aliphatic heterocycles.